The van der Waals surface area contributed by atoms with Gasteiger partial charge in [-0.3, -0.25) is 4.79 Å². The van der Waals surface area contributed by atoms with E-state index in [0.29, 0.717) is 23.5 Å². The number of rotatable bonds is 5. The number of nitrogens with zero attached hydrogens (tertiary/aromatic N) is 5. The molecule has 4 rings (SSSR count). The molecule has 9 nitrogen and oxygen atoms in total. The highest BCUT2D eigenvalue weighted by atomic mass is 35.5. The van der Waals surface area contributed by atoms with E-state index >= 15 is 0 Å². The van der Waals surface area contributed by atoms with E-state index in [1.165, 1.54) is 10.4 Å². The second-order valence-corrected chi connectivity index (χ2v) is 9.34. The average Bonchev–Trinajstić information content (AvgIpc) is 3.24. The molecule has 0 radical (unpaired) electrons. The maximum absolute atomic E-state index is 13.1. The second kappa shape index (κ2) is 8.42. The first-order chi connectivity index (χ1) is 14.4. The lowest BCUT2D eigenvalue weighted by molar-refractivity contribution is 0.0691. The van der Waals surface area contributed by atoms with Crippen LogP contribution in [0.2, 0.25) is 5.02 Å². The van der Waals surface area contributed by atoms with E-state index in [-0.39, 0.29) is 47.7 Å². The molecule has 1 amide bonds. The van der Waals surface area contributed by atoms with Crippen molar-refractivity contribution in [2.75, 3.05) is 32.8 Å². The Bertz CT molecular complexity index is 1190. The van der Waals surface area contributed by atoms with Crippen LogP contribution in [0.5, 0.6) is 5.88 Å². The summed E-state index contributed by atoms with van der Waals surface area (Å²) in [5.74, 6) is -0.0409. The Morgan fingerprint density at radius 1 is 1.17 bits per heavy atom. The summed E-state index contributed by atoms with van der Waals surface area (Å²) in [5.41, 5.74) is 1.01. The van der Waals surface area contributed by atoms with Crippen LogP contribution in [0.15, 0.2) is 35.2 Å². The molecule has 0 spiro atoms. The molecular formula is C18H18ClN5O4S2. The Hall–Kier alpha value is -2.34. The van der Waals surface area contributed by atoms with Gasteiger partial charge in [0.05, 0.1) is 23.4 Å². The molecule has 30 heavy (non-hydrogen) atoms. The van der Waals surface area contributed by atoms with Crippen molar-refractivity contribution in [3.63, 3.8) is 0 Å². The van der Waals surface area contributed by atoms with Crippen molar-refractivity contribution >= 4 is 50.3 Å². The van der Waals surface area contributed by atoms with Gasteiger partial charge < -0.3 is 9.64 Å². The Balaban J connectivity index is 1.51. The third-order valence-corrected chi connectivity index (χ3v) is 7.49. The van der Waals surface area contributed by atoms with Crippen LogP contribution in [-0.4, -0.2) is 70.0 Å². The average molecular weight is 468 g/mol. The van der Waals surface area contributed by atoms with E-state index in [0.717, 1.165) is 11.7 Å². The molecule has 2 aromatic heterocycles. The van der Waals surface area contributed by atoms with E-state index in [4.69, 9.17) is 16.3 Å². The minimum absolute atomic E-state index is 0.0947. The van der Waals surface area contributed by atoms with Gasteiger partial charge in [0.25, 0.3) is 5.91 Å². The van der Waals surface area contributed by atoms with Gasteiger partial charge in [0.2, 0.25) is 15.9 Å². The Morgan fingerprint density at radius 3 is 2.67 bits per heavy atom. The summed E-state index contributed by atoms with van der Waals surface area (Å²) in [7, 11) is -3.76. The van der Waals surface area contributed by atoms with Gasteiger partial charge in [0.15, 0.2) is 5.69 Å². The van der Waals surface area contributed by atoms with Gasteiger partial charge in [-0.15, -0.1) is 0 Å². The fourth-order valence-electron chi connectivity index (χ4n) is 3.21. The minimum atomic E-state index is -3.76. The first-order valence-electron chi connectivity index (χ1n) is 9.22. The van der Waals surface area contributed by atoms with Crippen LogP contribution in [0, 0.1) is 0 Å². The molecule has 1 saturated heterocycles. The van der Waals surface area contributed by atoms with E-state index < -0.39 is 10.0 Å². The summed E-state index contributed by atoms with van der Waals surface area (Å²) in [6.45, 7) is 3.00. The van der Waals surface area contributed by atoms with Gasteiger partial charge in [0.1, 0.15) is 15.9 Å². The number of piperazine rings is 1. The van der Waals surface area contributed by atoms with Crippen LogP contribution >= 0.6 is 23.3 Å². The molecule has 1 fully saturated rings. The molecule has 0 bridgehead atoms. The van der Waals surface area contributed by atoms with Crippen molar-refractivity contribution in [1.82, 2.24) is 22.9 Å². The number of aromatic nitrogens is 3. The standard InChI is InChI=1S/C18H18ClN5O4S2/c1-2-28-15-7-6-12(19)16(20-15)18(25)23-8-10-24(11-9-23)30(26,27)14-5-3-4-13-17(14)22-29-21-13/h3-7H,2,8-11H2,1H3. The van der Waals surface area contributed by atoms with Crippen molar-refractivity contribution in [3.05, 3.63) is 41.0 Å². The lowest BCUT2D eigenvalue weighted by atomic mass is 10.2. The molecule has 3 heterocycles. The fourth-order valence-corrected chi connectivity index (χ4v) is 5.57. The van der Waals surface area contributed by atoms with Crippen molar-refractivity contribution in [3.8, 4) is 5.88 Å². The van der Waals surface area contributed by atoms with Crippen LogP contribution in [0.3, 0.4) is 0 Å². The second-order valence-electron chi connectivity index (χ2n) is 6.50. The molecule has 0 N–H and O–H groups in total. The maximum atomic E-state index is 13.1. The van der Waals surface area contributed by atoms with Gasteiger partial charge in [-0.2, -0.15) is 13.1 Å². The third-order valence-electron chi connectivity index (χ3n) is 4.71. The van der Waals surface area contributed by atoms with Gasteiger partial charge in [-0.25, -0.2) is 13.4 Å². The zero-order valence-electron chi connectivity index (χ0n) is 16.0. The highest BCUT2D eigenvalue weighted by molar-refractivity contribution is 7.89. The first-order valence-corrected chi connectivity index (χ1v) is 11.8. The van der Waals surface area contributed by atoms with E-state index in [2.05, 4.69) is 13.7 Å². The van der Waals surface area contributed by atoms with Crippen LogP contribution < -0.4 is 4.74 Å². The number of hydrogen-bond donors (Lipinski definition) is 0. The van der Waals surface area contributed by atoms with E-state index in [9.17, 15) is 13.2 Å². The number of sulfonamides is 1. The molecule has 0 unspecified atom stereocenters. The lowest BCUT2D eigenvalue weighted by Crippen LogP contribution is -2.50. The van der Waals surface area contributed by atoms with Crippen molar-refractivity contribution < 1.29 is 17.9 Å². The van der Waals surface area contributed by atoms with Crippen molar-refractivity contribution in [2.24, 2.45) is 0 Å². The number of ether oxygens (including phenoxy) is 1. The highest BCUT2D eigenvalue weighted by Gasteiger charge is 2.33. The molecule has 0 saturated carbocycles. The molecule has 158 valence electrons. The van der Waals surface area contributed by atoms with E-state index in [1.54, 1.807) is 29.2 Å². The largest absolute Gasteiger partial charge is 0.478 e. The predicted molar refractivity (Wildman–Crippen MR) is 112 cm³/mol. The van der Waals surface area contributed by atoms with Gasteiger partial charge >= 0.3 is 0 Å². The summed E-state index contributed by atoms with van der Waals surface area (Å²) >= 11 is 7.12. The molecule has 1 aromatic carbocycles. The van der Waals surface area contributed by atoms with Crippen molar-refractivity contribution in [2.45, 2.75) is 11.8 Å². The Morgan fingerprint density at radius 2 is 1.93 bits per heavy atom. The summed E-state index contributed by atoms with van der Waals surface area (Å²) in [6, 6.07) is 8.06. The van der Waals surface area contributed by atoms with Crippen LogP contribution in [0.1, 0.15) is 17.4 Å². The normalized spacial score (nSPS) is 15.5. The van der Waals surface area contributed by atoms with Crippen molar-refractivity contribution in [1.29, 1.82) is 0 Å². The Kier molecular flexibility index (Phi) is 5.87. The fraction of sp³-hybridized carbons (Fsp3) is 0.333. The zero-order valence-corrected chi connectivity index (χ0v) is 18.4. The first kappa shape index (κ1) is 20.9. The highest BCUT2D eigenvalue weighted by Crippen LogP contribution is 2.26. The predicted octanol–water partition coefficient (Wildman–Crippen LogP) is 2.29. The van der Waals surface area contributed by atoms with Crippen LogP contribution in [0.25, 0.3) is 11.0 Å². The summed E-state index contributed by atoms with van der Waals surface area (Å²) in [5, 5.41) is 0.223. The topological polar surface area (TPSA) is 106 Å². The number of hydrogen-bond acceptors (Lipinski definition) is 8. The molecule has 0 atom stereocenters. The third kappa shape index (κ3) is 3.85. The summed E-state index contributed by atoms with van der Waals surface area (Å²) in [6.07, 6.45) is 0. The monoisotopic (exact) mass is 467 g/mol. The number of pyridine rings is 1. The van der Waals surface area contributed by atoms with E-state index in [1.807, 2.05) is 6.92 Å². The van der Waals surface area contributed by atoms with Gasteiger partial charge in [-0.05, 0) is 25.1 Å². The molecular weight excluding hydrogens is 450 g/mol. The summed E-state index contributed by atoms with van der Waals surface area (Å²) in [4.78, 5) is 18.7. The number of carbonyl (C=O) groups excluding carboxylic acids is 1. The quantitative estimate of drug-likeness (QED) is 0.566. The van der Waals surface area contributed by atoms with Gasteiger partial charge in [0, 0.05) is 32.2 Å². The Labute approximate surface area is 182 Å². The molecule has 12 heteroatoms. The van der Waals surface area contributed by atoms with Crippen LogP contribution in [0.4, 0.5) is 0 Å². The maximum Gasteiger partial charge on any atom is 0.274 e. The van der Waals surface area contributed by atoms with Gasteiger partial charge in [-0.1, -0.05) is 17.7 Å². The number of carbonyl (C=O) groups is 1. The smallest absolute Gasteiger partial charge is 0.274 e. The number of fused-ring (bicyclic) bond motifs is 1. The number of benzene rings is 1. The number of halogens is 1. The zero-order chi connectivity index (χ0) is 21.3. The summed E-state index contributed by atoms with van der Waals surface area (Å²) < 4.78 is 41.2. The molecule has 0 aliphatic carbocycles. The molecule has 3 aromatic rings. The van der Waals surface area contributed by atoms with Crippen LogP contribution in [-0.2, 0) is 10.0 Å². The number of amides is 1. The lowest BCUT2D eigenvalue weighted by Gasteiger charge is -2.34. The molecule has 1 aliphatic heterocycles. The SMILES string of the molecule is CCOc1ccc(Cl)c(C(=O)N2CCN(S(=O)(=O)c3cccc4nsnc34)CC2)n1. The molecule has 1 aliphatic rings. The minimum Gasteiger partial charge on any atom is -0.478 e.